The highest BCUT2D eigenvalue weighted by atomic mass is 16.6. The van der Waals surface area contributed by atoms with Gasteiger partial charge in [0.15, 0.2) is 11.4 Å². The Hall–Kier alpha value is -0.860. The number of hydrogen-bond acceptors (Lipinski definition) is 3. The lowest BCUT2D eigenvalue weighted by Crippen LogP contribution is -2.43. The van der Waals surface area contributed by atoms with Crippen LogP contribution in [0.15, 0.2) is 0 Å². The number of fused-ring (bicyclic) bond motifs is 1. The van der Waals surface area contributed by atoms with Gasteiger partial charge in [0.05, 0.1) is 0 Å². The number of carbonyl (C=O) groups is 2. The largest absolute Gasteiger partial charge is 0.452 e. The second-order valence-electron chi connectivity index (χ2n) is 5.69. The molecule has 2 saturated carbocycles. The summed E-state index contributed by atoms with van der Waals surface area (Å²) in [6, 6.07) is 0. The number of rotatable bonds is 1. The van der Waals surface area contributed by atoms with Crippen molar-refractivity contribution in [3.05, 3.63) is 0 Å². The summed E-state index contributed by atoms with van der Waals surface area (Å²) in [7, 11) is 0. The first-order valence-electron chi connectivity index (χ1n) is 5.50. The third kappa shape index (κ3) is 1.48. The van der Waals surface area contributed by atoms with Gasteiger partial charge >= 0.3 is 5.97 Å². The number of ketones is 1. The maximum absolute atomic E-state index is 11.9. The van der Waals surface area contributed by atoms with Crippen LogP contribution < -0.4 is 0 Å². The van der Waals surface area contributed by atoms with E-state index < -0.39 is 5.60 Å². The maximum Gasteiger partial charge on any atom is 0.303 e. The van der Waals surface area contributed by atoms with Gasteiger partial charge in [0, 0.05) is 13.3 Å². The highest BCUT2D eigenvalue weighted by Gasteiger charge is 2.65. The third-order valence-corrected chi connectivity index (χ3v) is 4.26. The van der Waals surface area contributed by atoms with Crippen LogP contribution >= 0.6 is 0 Å². The predicted octanol–water partition coefficient (Wildman–Crippen LogP) is 1.94. The quantitative estimate of drug-likeness (QED) is 0.621. The van der Waals surface area contributed by atoms with Crippen molar-refractivity contribution >= 4 is 11.8 Å². The second kappa shape index (κ2) is 2.83. The van der Waals surface area contributed by atoms with E-state index in [4.69, 9.17) is 4.74 Å². The van der Waals surface area contributed by atoms with Gasteiger partial charge in [-0.15, -0.1) is 0 Å². The molecule has 2 aliphatic rings. The molecule has 3 heteroatoms. The molecule has 0 N–H and O–H groups in total. The van der Waals surface area contributed by atoms with Crippen LogP contribution in [-0.2, 0) is 14.3 Å². The molecule has 0 aromatic rings. The van der Waals surface area contributed by atoms with Gasteiger partial charge in [-0.1, -0.05) is 13.8 Å². The van der Waals surface area contributed by atoms with E-state index in [1.165, 1.54) is 6.92 Å². The fraction of sp³-hybridized carbons (Fsp3) is 0.833. The molecule has 2 rings (SSSR count). The fourth-order valence-corrected chi connectivity index (χ4v) is 3.03. The first-order valence-corrected chi connectivity index (χ1v) is 5.50. The zero-order valence-corrected chi connectivity index (χ0v) is 9.79. The van der Waals surface area contributed by atoms with Crippen LogP contribution in [0.25, 0.3) is 0 Å². The molecule has 0 bridgehead atoms. The van der Waals surface area contributed by atoms with Crippen molar-refractivity contribution in [2.24, 2.45) is 17.3 Å². The van der Waals surface area contributed by atoms with Crippen molar-refractivity contribution in [2.75, 3.05) is 0 Å². The van der Waals surface area contributed by atoms with Crippen LogP contribution in [0.3, 0.4) is 0 Å². The Morgan fingerprint density at radius 3 is 2.47 bits per heavy atom. The Labute approximate surface area is 90.2 Å². The summed E-state index contributed by atoms with van der Waals surface area (Å²) < 4.78 is 5.19. The number of esters is 1. The summed E-state index contributed by atoms with van der Waals surface area (Å²) in [6.45, 7) is 7.49. The Morgan fingerprint density at radius 1 is 1.33 bits per heavy atom. The Morgan fingerprint density at radius 2 is 1.93 bits per heavy atom. The van der Waals surface area contributed by atoms with E-state index in [-0.39, 0.29) is 17.2 Å². The maximum atomic E-state index is 11.9. The van der Waals surface area contributed by atoms with Gasteiger partial charge in [-0.05, 0) is 30.6 Å². The van der Waals surface area contributed by atoms with Crippen LogP contribution in [-0.4, -0.2) is 17.4 Å². The minimum Gasteiger partial charge on any atom is -0.452 e. The van der Waals surface area contributed by atoms with Gasteiger partial charge in [-0.2, -0.15) is 0 Å². The van der Waals surface area contributed by atoms with Gasteiger partial charge in [0.1, 0.15) is 0 Å². The second-order valence-corrected chi connectivity index (χ2v) is 5.69. The van der Waals surface area contributed by atoms with Gasteiger partial charge in [-0.25, -0.2) is 0 Å². The highest BCUT2D eigenvalue weighted by molar-refractivity contribution is 5.90. The highest BCUT2D eigenvalue weighted by Crippen LogP contribution is 2.65. The number of ether oxygens (including phenoxy) is 1. The van der Waals surface area contributed by atoms with E-state index in [2.05, 4.69) is 13.8 Å². The molecule has 2 fully saturated rings. The van der Waals surface area contributed by atoms with Gasteiger partial charge < -0.3 is 4.74 Å². The van der Waals surface area contributed by atoms with Crippen LogP contribution in [0.4, 0.5) is 0 Å². The molecule has 0 radical (unpaired) electrons. The van der Waals surface area contributed by atoms with Gasteiger partial charge in [0.25, 0.3) is 0 Å². The van der Waals surface area contributed by atoms with E-state index in [1.807, 2.05) is 0 Å². The fourth-order valence-electron chi connectivity index (χ4n) is 3.03. The number of hydrogen-bond donors (Lipinski definition) is 0. The average Bonchev–Trinajstić information content (AvgIpc) is 2.53. The summed E-state index contributed by atoms with van der Waals surface area (Å²) in [6.07, 6.45) is 1.27. The predicted molar refractivity (Wildman–Crippen MR) is 55.2 cm³/mol. The molecule has 84 valence electrons. The smallest absolute Gasteiger partial charge is 0.303 e. The van der Waals surface area contributed by atoms with E-state index >= 15 is 0 Å². The molecule has 2 unspecified atom stereocenters. The van der Waals surface area contributed by atoms with Crippen molar-refractivity contribution in [1.82, 2.24) is 0 Å². The Balaban J connectivity index is 2.15. The van der Waals surface area contributed by atoms with Crippen molar-refractivity contribution in [3.8, 4) is 0 Å². The molecule has 0 aliphatic heterocycles. The normalized spacial score (nSPS) is 42.0. The third-order valence-electron chi connectivity index (χ3n) is 4.26. The summed E-state index contributed by atoms with van der Waals surface area (Å²) in [4.78, 5) is 22.9. The van der Waals surface area contributed by atoms with Gasteiger partial charge in [-0.3, -0.25) is 9.59 Å². The molecule has 0 spiro atoms. The zero-order chi connectivity index (χ0) is 11.4. The summed E-state index contributed by atoms with van der Waals surface area (Å²) >= 11 is 0. The lowest BCUT2D eigenvalue weighted by molar-refractivity contribution is -0.166. The monoisotopic (exact) mass is 210 g/mol. The Kier molecular flexibility index (Phi) is 2.01. The molecule has 3 atom stereocenters. The first kappa shape index (κ1) is 10.7. The molecular weight excluding hydrogens is 192 g/mol. The van der Waals surface area contributed by atoms with Crippen LogP contribution in [0, 0.1) is 17.3 Å². The number of carbonyl (C=O) groups excluding carboxylic acids is 2. The molecule has 0 aromatic heterocycles. The number of Topliss-reactive ketones (excluding diaryl/α,β-unsaturated/α-hetero) is 1. The Bertz CT molecular complexity index is 332. The van der Waals surface area contributed by atoms with Crippen LogP contribution in [0.2, 0.25) is 0 Å². The minimum absolute atomic E-state index is 0.0875. The van der Waals surface area contributed by atoms with Crippen LogP contribution in [0.1, 0.15) is 40.5 Å². The molecule has 0 amide bonds. The summed E-state index contributed by atoms with van der Waals surface area (Å²) in [5.41, 5.74) is -0.603. The molecule has 0 aromatic carbocycles. The van der Waals surface area contributed by atoms with Crippen molar-refractivity contribution < 1.29 is 14.3 Å². The minimum atomic E-state index is -0.860. The van der Waals surface area contributed by atoms with E-state index in [0.29, 0.717) is 24.7 Å². The topological polar surface area (TPSA) is 43.4 Å². The van der Waals surface area contributed by atoms with Crippen molar-refractivity contribution in [3.63, 3.8) is 0 Å². The van der Waals surface area contributed by atoms with E-state index in [9.17, 15) is 9.59 Å². The lowest BCUT2D eigenvalue weighted by atomic mass is 9.85. The van der Waals surface area contributed by atoms with Gasteiger partial charge in [0.2, 0.25) is 0 Å². The summed E-state index contributed by atoms with van der Waals surface area (Å²) in [5, 5.41) is 0. The molecule has 2 aliphatic carbocycles. The first-order chi connectivity index (χ1) is 6.77. The van der Waals surface area contributed by atoms with E-state index in [0.717, 1.165) is 0 Å². The molecule has 15 heavy (non-hydrogen) atoms. The lowest BCUT2D eigenvalue weighted by Gasteiger charge is -2.30. The molecule has 0 saturated heterocycles. The SMILES string of the molecule is CC(=O)O[C@]1(C)CC2C(CC1=O)C2(C)C. The zero-order valence-electron chi connectivity index (χ0n) is 9.79. The molecular formula is C12H18O3. The van der Waals surface area contributed by atoms with Crippen molar-refractivity contribution in [1.29, 1.82) is 0 Å². The average molecular weight is 210 g/mol. The van der Waals surface area contributed by atoms with Crippen molar-refractivity contribution in [2.45, 2.75) is 46.1 Å². The molecule has 0 heterocycles. The summed E-state index contributed by atoms with van der Waals surface area (Å²) in [5.74, 6) is 0.778. The van der Waals surface area contributed by atoms with E-state index in [1.54, 1.807) is 6.92 Å². The standard InChI is InChI=1S/C12H18O3/c1-7(13)15-12(4)6-9-8(5-10(12)14)11(9,2)3/h8-9H,5-6H2,1-4H3/t8?,9?,12-/m1/s1. The van der Waals surface area contributed by atoms with Crippen LogP contribution in [0.5, 0.6) is 0 Å². The molecule has 3 nitrogen and oxygen atoms in total.